The standard InChI is InChI=1S/C51H71N7O12S3/c1-12-31(4)36(26-42(60)51(7,8)55(9)10)49(66)56(11)39(30(2)3)27-41(69-33(6)59)48-54-38(28-73-48)47(65)52-35(23-32(5)50(67)68)24-34-13-14-40-37(25-34)53-43(61)15-19-57-44(62)17-21-71-29-72-22-18-45(63)58(57)20-16-46(64)70-40/h13-14,17-18,21-22,25,28,30-32,35-36,39,41H,12,15-16,19-20,23-24,26-27,29H2,1-11H3,(H,52,65)(H,53,61)(H,67,68)/b21-17+,22-18+/t31-,32?,35+,36-,39+,41+/m0/s1. The van der Waals surface area contributed by atoms with Gasteiger partial charge in [0.05, 0.1) is 36.7 Å². The van der Waals surface area contributed by atoms with Gasteiger partial charge in [-0.2, -0.15) is 0 Å². The minimum Gasteiger partial charge on any atom is -0.481 e. The van der Waals surface area contributed by atoms with Crippen molar-refractivity contribution in [1.82, 2.24) is 30.1 Å². The fourth-order valence-electron chi connectivity index (χ4n) is 8.13. The molecule has 6 atom stereocenters. The van der Waals surface area contributed by atoms with Gasteiger partial charge in [0.2, 0.25) is 11.8 Å². The highest BCUT2D eigenvalue weighted by molar-refractivity contribution is 8.18. The summed E-state index contributed by atoms with van der Waals surface area (Å²) in [5.41, 5.74) is -0.157. The summed E-state index contributed by atoms with van der Waals surface area (Å²) in [6.07, 6.45) is 2.03. The average Bonchev–Trinajstić information content (AvgIpc) is 3.82. The number of hydrogen-bond donors (Lipinski definition) is 3. The maximum absolute atomic E-state index is 14.4. The molecular weight excluding hydrogens is 999 g/mol. The molecule has 1 aromatic carbocycles. The summed E-state index contributed by atoms with van der Waals surface area (Å²) in [7, 11) is 5.35. The van der Waals surface area contributed by atoms with Crippen LogP contribution in [-0.2, 0) is 49.5 Å². The number of amides is 5. The van der Waals surface area contributed by atoms with Crippen LogP contribution in [0.15, 0.2) is 46.5 Å². The van der Waals surface area contributed by atoms with Crippen LogP contribution in [0, 0.1) is 23.7 Å². The number of rotatable bonds is 20. The monoisotopic (exact) mass is 1070 g/mol. The third kappa shape index (κ3) is 17.2. The van der Waals surface area contributed by atoms with Crippen LogP contribution >= 0.6 is 34.9 Å². The SMILES string of the molecule is CC[C@H](C)[C@H](CC(=O)C(C)(C)N(C)C)C(=O)N(C)[C@H](C[C@@H](OC(C)=O)c1nc(C(=O)N[C@@H](Cc2ccc3c(c2)NC(=O)CCN2C(=O)/C=C/SCS/C=C/C(=O)N2CCC(=O)O3)CC(C)C(=O)O)cs1)C(C)C. The number of ether oxygens (including phenoxy) is 2. The second-order valence-electron chi connectivity index (χ2n) is 19.4. The molecule has 0 spiro atoms. The Morgan fingerprint density at radius 3 is 2.15 bits per heavy atom. The first-order valence-electron chi connectivity index (χ1n) is 24.3. The number of ketones is 1. The Hall–Kier alpha value is -5.58. The largest absolute Gasteiger partial charge is 0.481 e. The van der Waals surface area contributed by atoms with Gasteiger partial charge in [-0.25, -0.2) is 15.0 Å². The van der Waals surface area contributed by atoms with Gasteiger partial charge in [-0.15, -0.1) is 34.9 Å². The number of esters is 2. The van der Waals surface area contributed by atoms with Crippen molar-refractivity contribution in [1.29, 1.82) is 0 Å². The zero-order valence-corrected chi connectivity index (χ0v) is 46.1. The lowest BCUT2D eigenvalue weighted by atomic mass is 9.81. The predicted molar refractivity (Wildman–Crippen MR) is 281 cm³/mol. The Morgan fingerprint density at radius 1 is 0.945 bits per heavy atom. The number of thiazole rings is 1. The molecule has 0 saturated heterocycles. The van der Waals surface area contributed by atoms with E-state index in [1.165, 1.54) is 61.0 Å². The highest BCUT2D eigenvalue weighted by Crippen LogP contribution is 2.34. The highest BCUT2D eigenvalue weighted by Gasteiger charge is 2.39. The van der Waals surface area contributed by atoms with Crippen molar-refractivity contribution in [2.75, 3.05) is 44.6 Å². The maximum atomic E-state index is 14.4. The van der Waals surface area contributed by atoms with Gasteiger partial charge >= 0.3 is 17.9 Å². The number of carboxylic acid groups (broad SMARTS) is 1. The van der Waals surface area contributed by atoms with Crippen molar-refractivity contribution in [3.63, 3.8) is 0 Å². The number of benzene rings is 1. The quantitative estimate of drug-likeness (QED) is 0.0922. The van der Waals surface area contributed by atoms with E-state index in [9.17, 15) is 48.3 Å². The summed E-state index contributed by atoms with van der Waals surface area (Å²) in [5.74, 6) is -6.70. The molecule has 0 saturated carbocycles. The van der Waals surface area contributed by atoms with Crippen molar-refractivity contribution in [2.24, 2.45) is 23.7 Å². The first-order chi connectivity index (χ1) is 34.3. The first kappa shape index (κ1) is 60.0. The number of anilines is 1. The molecule has 1 unspecified atom stereocenters. The lowest BCUT2D eigenvalue weighted by molar-refractivity contribution is -0.159. The number of aromatic nitrogens is 1. The fourth-order valence-corrected chi connectivity index (χ4v) is 10.3. The molecule has 73 heavy (non-hydrogen) atoms. The van der Waals surface area contributed by atoms with Crippen LogP contribution in [-0.4, -0.2) is 140 Å². The molecule has 2 aliphatic heterocycles. The van der Waals surface area contributed by atoms with Gasteiger partial charge < -0.3 is 30.1 Å². The van der Waals surface area contributed by atoms with Crippen molar-refractivity contribution < 1.29 is 57.7 Å². The van der Waals surface area contributed by atoms with Gasteiger partial charge in [-0.05, 0) is 81.1 Å². The van der Waals surface area contributed by atoms with Crippen LogP contribution in [0.2, 0.25) is 0 Å². The summed E-state index contributed by atoms with van der Waals surface area (Å²) < 4.78 is 11.5. The van der Waals surface area contributed by atoms with Gasteiger partial charge in [0.15, 0.2) is 17.6 Å². The van der Waals surface area contributed by atoms with E-state index in [1.54, 1.807) is 34.9 Å². The van der Waals surface area contributed by atoms with Crippen LogP contribution < -0.4 is 15.4 Å². The molecule has 1 aromatic heterocycles. The van der Waals surface area contributed by atoms with Crippen LogP contribution in [0.3, 0.4) is 0 Å². The first-order valence-corrected chi connectivity index (χ1v) is 27.3. The van der Waals surface area contributed by atoms with Crippen LogP contribution in [0.25, 0.3) is 0 Å². The summed E-state index contributed by atoms with van der Waals surface area (Å²) in [5, 5.41) is 23.4. The smallest absolute Gasteiger partial charge is 0.313 e. The highest BCUT2D eigenvalue weighted by atomic mass is 32.2. The second kappa shape index (κ2) is 27.6. The number of hydrogen-bond acceptors (Lipinski definition) is 16. The van der Waals surface area contributed by atoms with E-state index in [4.69, 9.17) is 9.47 Å². The second-order valence-corrected chi connectivity index (χ2v) is 22.5. The van der Waals surface area contributed by atoms with Gasteiger partial charge in [0, 0.05) is 73.9 Å². The number of nitrogens with one attached hydrogen (secondary N) is 2. The van der Waals surface area contributed by atoms with E-state index in [2.05, 4.69) is 15.6 Å². The Bertz CT molecular complexity index is 2400. The van der Waals surface area contributed by atoms with Gasteiger partial charge in [0.1, 0.15) is 10.7 Å². The zero-order chi connectivity index (χ0) is 54.3. The van der Waals surface area contributed by atoms with Crippen LogP contribution in [0.5, 0.6) is 5.75 Å². The predicted octanol–water partition coefficient (Wildman–Crippen LogP) is 6.71. The molecule has 0 radical (unpaired) electrons. The number of nitrogens with zero attached hydrogens (tertiary/aromatic N) is 5. The van der Waals surface area contributed by atoms with Crippen LogP contribution in [0.1, 0.15) is 121 Å². The number of thioether (sulfide) groups is 2. The molecule has 0 bridgehead atoms. The molecule has 400 valence electrons. The van der Waals surface area contributed by atoms with Crippen molar-refractivity contribution in [3.05, 3.63) is 62.8 Å². The Labute approximate surface area is 440 Å². The maximum Gasteiger partial charge on any atom is 0.313 e. The summed E-state index contributed by atoms with van der Waals surface area (Å²) in [6.45, 7) is 13.9. The van der Waals surface area contributed by atoms with E-state index in [0.29, 0.717) is 22.1 Å². The molecule has 3 heterocycles. The van der Waals surface area contributed by atoms with Gasteiger partial charge in [-0.1, -0.05) is 47.1 Å². The van der Waals surface area contributed by atoms with Crippen molar-refractivity contribution in [3.8, 4) is 5.75 Å². The molecule has 0 fully saturated rings. The number of carboxylic acids is 1. The summed E-state index contributed by atoms with van der Waals surface area (Å²) >= 11 is 3.81. The molecule has 4 rings (SSSR count). The number of fused-ring (bicyclic) bond motifs is 2. The Morgan fingerprint density at radius 2 is 1.58 bits per heavy atom. The Balaban J connectivity index is 1.58. The third-order valence-corrected chi connectivity index (χ3v) is 16.0. The lowest BCUT2D eigenvalue weighted by Crippen LogP contribution is -2.50. The Kier molecular flexibility index (Phi) is 22.7. The molecule has 3 N–H and O–H groups in total. The molecule has 2 aliphatic rings. The number of Topliss-reactive ketones (excluding diaryl/α,β-unsaturated/α-hetero) is 1. The summed E-state index contributed by atoms with van der Waals surface area (Å²) in [4.78, 5) is 128. The molecule has 5 amide bonds. The van der Waals surface area contributed by atoms with Crippen molar-refractivity contribution in [2.45, 2.75) is 124 Å². The zero-order valence-electron chi connectivity index (χ0n) is 43.6. The van der Waals surface area contributed by atoms with E-state index < -0.39 is 77.1 Å². The summed E-state index contributed by atoms with van der Waals surface area (Å²) in [6, 6.07) is 3.37. The number of hydrazine groups is 1. The molecular formula is C51H71N7O12S3. The molecule has 19 nitrogen and oxygen atoms in total. The number of aliphatic carboxylic acids is 1. The van der Waals surface area contributed by atoms with Crippen LogP contribution in [0.4, 0.5) is 5.69 Å². The minimum absolute atomic E-state index is 0.0113. The fraction of sp³-hybridized carbons (Fsp3) is 0.569. The van der Waals surface area contributed by atoms with Crippen molar-refractivity contribution >= 4 is 93.8 Å². The average molecular weight is 1070 g/mol. The normalized spacial score (nSPS) is 18.4. The van der Waals surface area contributed by atoms with E-state index in [-0.39, 0.29) is 92.3 Å². The number of carbonyl (C=O) groups excluding carboxylic acids is 8. The van der Waals surface area contributed by atoms with E-state index >= 15 is 0 Å². The lowest BCUT2D eigenvalue weighted by Gasteiger charge is -2.38. The molecule has 22 heteroatoms. The molecule has 2 aromatic rings. The number of likely N-dealkylation sites (N-methyl/N-ethyl adjacent to an activating group) is 1. The third-order valence-electron chi connectivity index (χ3n) is 13.3. The number of carbonyl (C=O) groups is 9. The van der Waals surface area contributed by atoms with E-state index in [0.717, 1.165) is 21.4 Å². The molecule has 0 aliphatic carbocycles. The topological polar surface area (TPSA) is 242 Å². The van der Waals surface area contributed by atoms with Gasteiger partial charge in [-0.3, -0.25) is 48.1 Å². The minimum atomic E-state index is -1.09. The van der Waals surface area contributed by atoms with Gasteiger partial charge in [0.25, 0.3) is 17.7 Å². The van der Waals surface area contributed by atoms with E-state index in [1.807, 2.05) is 60.5 Å².